The summed E-state index contributed by atoms with van der Waals surface area (Å²) < 4.78 is 1.83. The molecule has 1 aliphatic carbocycles. The van der Waals surface area contributed by atoms with Gasteiger partial charge in [-0.05, 0) is 24.7 Å². The van der Waals surface area contributed by atoms with Crippen molar-refractivity contribution in [3.8, 4) is 0 Å². The van der Waals surface area contributed by atoms with Gasteiger partial charge >= 0.3 is 0 Å². The van der Waals surface area contributed by atoms with Crippen molar-refractivity contribution in [1.29, 1.82) is 0 Å². The lowest BCUT2D eigenvalue weighted by Gasteiger charge is -2.21. The molecule has 0 radical (unpaired) electrons. The minimum atomic E-state index is 0. The summed E-state index contributed by atoms with van der Waals surface area (Å²) in [6, 6.07) is 0. The molecule has 0 aliphatic heterocycles. The maximum absolute atomic E-state index is 4.78. The van der Waals surface area contributed by atoms with Gasteiger partial charge in [0.2, 0.25) is 0 Å². The van der Waals surface area contributed by atoms with Crippen molar-refractivity contribution in [2.75, 3.05) is 20.1 Å². The molecule has 0 spiro atoms. The Hall–Kier alpha value is -0.790. The van der Waals surface area contributed by atoms with Gasteiger partial charge in [0.25, 0.3) is 0 Å². The molecule has 6 heteroatoms. The van der Waals surface area contributed by atoms with Gasteiger partial charge in [-0.15, -0.1) is 24.0 Å². The zero-order valence-electron chi connectivity index (χ0n) is 13.8. The van der Waals surface area contributed by atoms with E-state index in [1.54, 1.807) is 0 Å². The number of nitrogens with one attached hydrogen (secondary N) is 1. The van der Waals surface area contributed by atoms with Crippen molar-refractivity contribution in [2.45, 2.75) is 33.7 Å². The van der Waals surface area contributed by atoms with Crippen LogP contribution in [0.1, 0.15) is 32.8 Å². The molecule has 1 saturated carbocycles. The Balaban J connectivity index is 0.00000220. The van der Waals surface area contributed by atoms with Crippen LogP contribution in [0.5, 0.6) is 0 Å². The molecular weight excluding hydrogens is 377 g/mol. The van der Waals surface area contributed by atoms with Crippen molar-refractivity contribution < 1.29 is 0 Å². The first kappa shape index (κ1) is 18.3. The quantitative estimate of drug-likeness (QED) is 0.465. The van der Waals surface area contributed by atoms with E-state index in [4.69, 9.17) is 4.99 Å². The van der Waals surface area contributed by atoms with Crippen molar-refractivity contribution in [2.24, 2.45) is 23.4 Å². The molecule has 1 fully saturated rings. The topological polar surface area (TPSA) is 45.5 Å². The SMILES string of the molecule is CCNC(=NCC1CC1(C)C)N(C)Cc1cnn(C)c1.I. The number of hydrogen-bond donors (Lipinski definition) is 1. The number of guanidine groups is 1. The maximum atomic E-state index is 4.78. The lowest BCUT2D eigenvalue weighted by atomic mass is 10.1. The third-order valence-electron chi connectivity index (χ3n) is 4.05. The van der Waals surface area contributed by atoms with Crippen LogP contribution in [0.25, 0.3) is 0 Å². The first-order chi connectivity index (χ1) is 9.42. The van der Waals surface area contributed by atoms with E-state index < -0.39 is 0 Å². The van der Waals surface area contributed by atoms with Gasteiger partial charge in [-0.2, -0.15) is 5.10 Å². The van der Waals surface area contributed by atoms with Crippen molar-refractivity contribution in [3.05, 3.63) is 18.0 Å². The highest BCUT2D eigenvalue weighted by Crippen LogP contribution is 2.51. The molecular formula is C15H28IN5. The third kappa shape index (κ3) is 5.16. The Morgan fingerprint density at radius 3 is 2.71 bits per heavy atom. The van der Waals surface area contributed by atoms with E-state index in [1.165, 1.54) is 12.0 Å². The fourth-order valence-electron chi connectivity index (χ4n) is 2.46. The highest BCUT2D eigenvalue weighted by Gasteiger charge is 2.45. The van der Waals surface area contributed by atoms with Crippen molar-refractivity contribution in [1.82, 2.24) is 20.0 Å². The number of nitrogens with zero attached hydrogens (tertiary/aromatic N) is 4. The maximum Gasteiger partial charge on any atom is 0.193 e. The molecule has 5 nitrogen and oxygen atoms in total. The molecule has 21 heavy (non-hydrogen) atoms. The Kier molecular flexibility index (Phi) is 6.49. The lowest BCUT2D eigenvalue weighted by molar-refractivity contribution is 0.473. The zero-order chi connectivity index (χ0) is 14.8. The molecule has 0 amide bonds. The molecule has 0 saturated heterocycles. The highest BCUT2D eigenvalue weighted by atomic mass is 127. The van der Waals surface area contributed by atoms with Gasteiger partial charge in [0, 0.05) is 45.5 Å². The Morgan fingerprint density at radius 1 is 1.57 bits per heavy atom. The molecule has 1 N–H and O–H groups in total. The summed E-state index contributed by atoms with van der Waals surface area (Å²) >= 11 is 0. The van der Waals surface area contributed by atoms with Crippen LogP contribution >= 0.6 is 24.0 Å². The molecule has 1 aromatic rings. The van der Waals surface area contributed by atoms with E-state index in [1.807, 2.05) is 24.1 Å². The summed E-state index contributed by atoms with van der Waals surface area (Å²) in [5, 5.41) is 7.58. The summed E-state index contributed by atoms with van der Waals surface area (Å²) in [4.78, 5) is 6.94. The fraction of sp³-hybridized carbons (Fsp3) is 0.733. The second-order valence-electron chi connectivity index (χ2n) is 6.46. The minimum absolute atomic E-state index is 0. The Labute approximate surface area is 145 Å². The van der Waals surface area contributed by atoms with Gasteiger partial charge in [0.05, 0.1) is 6.20 Å². The van der Waals surface area contributed by atoms with E-state index in [9.17, 15) is 0 Å². The normalized spacial score (nSPS) is 19.9. The summed E-state index contributed by atoms with van der Waals surface area (Å²) in [6.45, 7) is 9.39. The number of aliphatic imine (C=N–C) groups is 1. The molecule has 1 atom stereocenters. The van der Waals surface area contributed by atoms with Crippen LogP contribution in [-0.4, -0.2) is 40.8 Å². The summed E-state index contributed by atoms with van der Waals surface area (Å²) in [5.41, 5.74) is 1.69. The van der Waals surface area contributed by atoms with Crippen molar-refractivity contribution >= 4 is 29.9 Å². The third-order valence-corrected chi connectivity index (χ3v) is 4.05. The van der Waals surface area contributed by atoms with Crippen LogP contribution in [0.2, 0.25) is 0 Å². The summed E-state index contributed by atoms with van der Waals surface area (Å²) in [7, 11) is 4.02. The highest BCUT2D eigenvalue weighted by molar-refractivity contribution is 14.0. The van der Waals surface area contributed by atoms with E-state index in [-0.39, 0.29) is 24.0 Å². The molecule has 0 aromatic carbocycles. The lowest BCUT2D eigenvalue weighted by Crippen LogP contribution is -2.38. The van der Waals surface area contributed by atoms with Crippen LogP contribution in [0.15, 0.2) is 17.4 Å². The van der Waals surface area contributed by atoms with Crippen LogP contribution < -0.4 is 5.32 Å². The van der Waals surface area contributed by atoms with Gasteiger partial charge in [-0.1, -0.05) is 13.8 Å². The number of aryl methyl sites for hydroxylation is 1. The number of rotatable bonds is 5. The van der Waals surface area contributed by atoms with Gasteiger partial charge in [-0.3, -0.25) is 9.67 Å². The van der Waals surface area contributed by atoms with Crippen LogP contribution in [0.3, 0.4) is 0 Å². The average Bonchev–Trinajstić information content (AvgIpc) is 2.77. The molecule has 1 heterocycles. The Morgan fingerprint density at radius 2 is 2.24 bits per heavy atom. The van der Waals surface area contributed by atoms with E-state index in [0.29, 0.717) is 5.41 Å². The summed E-state index contributed by atoms with van der Waals surface area (Å²) in [5.74, 6) is 1.72. The number of hydrogen-bond acceptors (Lipinski definition) is 2. The first-order valence-corrected chi connectivity index (χ1v) is 7.39. The summed E-state index contributed by atoms with van der Waals surface area (Å²) in [6.07, 6.45) is 5.25. The molecule has 1 unspecified atom stereocenters. The van der Waals surface area contributed by atoms with Crippen LogP contribution in [0, 0.1) is 11.3 Å². The van der Waals surface area contributed by atoms with E-state index in [2.05, 4.69) is 43.1 Å². The molecule has 120 valence electrons. The largest absolute Gasteiger partial charge is 0.357 e. The smallest absolute Gasteiger partial charge is 0.193 e. The van der Waals surface area contributed by atoms with E-state index in [0.717, 1.165) is 31.5 Å². The van der Waals surface area contributed by atoms with Gasteiger partial charge in [0.1, 0.15) is 0 Å². The zero-order valence-corrected chi connectivity index (χ0v) is 16.1. The predicted molar refractivity (Wildman–Crippen MR) is 98.0 cm³/mol. The number of halogens is 1. The van der Waals surface area contributed by atoms with E-state index >= 15 is 0 Å². The molecule has 1 aromatic heterocycles. The van der Waals surface area contributed by atoms with Crippen LogP contribution in [0.4, 0.5) is 0 Å². The van der Waals surface area contributed by atoms with Gasteiger partial charge in [-0.25, -0.2) is 0 Å². The standard InChI is InChI=1S/C15H27N5.HI/c1-6-16-14(17-9-13-7-15(13,2)3)19(4)10-12-8-18-20(5)11-12;/h8,11,13H,6-7,9-10H2,1-5H3,(H,16,17);1H. The second-order valence-corrected chi connectivity index (χ2v) is 6.46. The van der Waals surface area contributed by atoms with Crippen molar-refractivity contribution in [3.63, 3.8) is 0 Å². The average molecular weight is 405 g/mol. The molecule has 0 bridgehead atoms. The van der Waals surface area contributed by atoms with Crippen LogP contribution in [-0.2, 0) is 13.6 Å². The molecule has 1 aliphatic rings. The minimum Gasteiger partial charge on any atom is -0.357 e. The monoisotopic (exact) mass is 405 g/mol. The predicted octanol–water partition coefficient (Wildman–Crippen LogP) is 2.48. The first-order valence-electron chi connectivity index (χ1n) is 7.39. The molecule has 2 rings (SSSR count). The van der Waals surface area contributed by atoms with Gasteiger partial charge < -0.3 is 10.2 Å². The Bertz CT molecular complexity index is 480. The second kappa shape index (κ2) is 7.47. The number of aromatic nitrogens is 2. The van der Waals surface area contributed by atoms with Gasteiger partial charge in [0.15, 0.2) is 5.96 Å². The fourth-order valence-corrected chi connectivity index (χ4v) is 2.46.